The van der Waals surface area contributed by atoms with E-state index in [0.29, 0.717) is 10.8 Å². The van der Waals surface area contributed by atoms with Crippen LogP contribution in [-0.4, -0.2) is 5.25 Å². The lowest BCUT2D eigenvalue weighted by Crippen LogP contribution is -2.31. The smallest absolute Gasteiger partial charge is 0.201 e. The Labute approximate surface area is 160 Å². The first kappa shape index (κ1) is 14.1. The minimum atomic E-state index is -2.13. The van der Waals surface area contributed by atoms with Crippen molar-refractivity contribution >= 4 is 11.8 Å². The van der Waals surface area contributed by atoms with Gasteiger partial charge in [0.05, 0.1) is 0 Å². The van der Waals surface area contributed by atoms with E-state index in [1.54, 1.807) is 18.0 Å². The summed E-state index contributed by atoms with van der Waals surface area (Å²) in [4.78, 5) is 0.826. The number of hydrogen-bond donors (Lipinski definition) is 0. The van der Waals surface area contributed by atoms with Crippen LogP contribution < -0.4 is 4.57 Å². The van der Waals surface area contributed by atoms with Crippen molar-refractivity contribution < 1.29 is 8.68 Å². The summed E-state index contributed by atoms with van der Waals surface area (Å²) in [6, 6.07) is 18.8. The monoisotopic (exact) mass is 351 g/mol. The van der Waals surface area contributed by atoms with E-state index >= 15 is 0 Å². The second kappa shape index (κ2) is 7.45. The third kappa shape index (κ3) is 3.96. The van der Waals surface area contributed by atoms with Gasteiger partial charge in [0.15, 0.2) is 6.20 Å². The summed E-state index contributed by atoms with van der Waals surface area (Å²) in [6.45, 7) is 4.13. The molecule has 0 atom stereocenters. The van der Waals surface area contributed by atoms with Gasteiger partial charge in [-0.05, 0) is 36.5 Å². The van der Waals surface area contributed by atoms with E-state index in [-0.39, 0.29) is 0 Å². The number of aryl methyl sites for hydroxylation is 3. The minimum Gasteiger partial charge on any atom is -0.201 e. The molecule has 0 N–H and O–H groups in total. The standard InChI is InChI=1S/C23H26NS/c1-16(2)25-23-14-22(24(5)15-18(23)4)21-13-20(12-11-17(21)3)19-9-7-6-8-10-19/h6-16H,1-5H3/q+1/i4D3. The van der Waals surface area contributed by atoms with Crippen LogP contribution in [0.25, 0.3) is 22.4 Å². The number of rotatable bonds is 4. The lowest BCUT2D eigenvalue weighted by molar-refractivity contribution is -0.661. The van der Waals surface area contributed by atoms with E-state index in [4.69, 9.17) is 4.11 Å². The first-order chi connectivity index (χ1) is 13.2. The molecule has 3 aromatic rings. The van der Waals surface area contributed by atoms with E-state index in [9.17, 15) is 0 Å². The fraction of sp³-hybridized carbons (Fsp3) is 0.261. The zero-order valence-corrected chi connectivity index (χ0v) is 16.0. The summed E-state index contributed by atoms with van der Waals surface area (Å²) >= 11 is 1.60. The highest BCUT2D eigenvalue weighted by Gasteiger charge is 2.17. The van der Waals surface area contributed by atoms with Crippen LogP contribution in [-0.2, 0) is 7.05 Å². The van der Waals surface area contributed by atoms with Crippen molar-refractivity contribution in [3.05, 3.63) is 71.9 Å². The van der Waals surface area contributed by atoms with Crippen LogP contribution in [0.2, 0.25) is 0 Å². The molecule has 1 nitrogen and oxygen atoms in total. The van der Waals surface area contributed by atoms with Gasteiger partial charge in [-0.25, -0.2) is 4.57 Å². The molecule has 0 spiro atoms. The zero-order valence-electron chi connectivity index (χ0n) is 18.2. The SMILES string of the molecule is [2H]C([2H])([2H])c1c[n+](C)c(-c2cc(-c3ccccc3)ccc2C)cc1SC(C)C. The van der Waals surface area contributed by atoms with Gasteiger partial charge in [-0.2, -0.15) is 0 Å². The molecule has 1 aromatic heterocycles. The predicted octanol–water partition coefficient (Wildman–Crippen LogP) is 5.96. The van der Waals surface area contributed by atoms with Crippen molar-refractivity contribution in [1.29, 1.82) is 0 Å². The Morgan fingerprint density at radius 1 is 0.960 bits per heavy atom. The lowest BCUT2D eigenvalue weighted by atomic mass is 9.97. The molecule has 0 aliphatic heterocycles. The summed E-state index contributed by atoms with van der Waals surface area (Å²) in [6.07, 6.45) is 1.77. The van der Waals surface area contributed by atoms with Crippen molar-refractivity contribution in [3.63, 3.8) is 0 Å². The van der Waals surface area contributed by atoms with Gasteiger partial charge in [-0.15, -0.1) is 11.8 Å². The summed E-state index contributed by atoms with van der Waals surface area (Å²) in [7, 11) is 1.92. The topological polar surface area (TPSA) is 3.88 Å². The summed E-state index contributed by atoms with van der Waals surface area (Å²) < 4.78 is 25.7. The Bertz CT molecular complexity index is 979. The van der Waals surface area contributed by atoms with Crippen molar-refractivity contribution in [3.8, 4) is 22.4 Å². The number of hydrogen-bond acceptors (Lipinski definition) is 1. The lowest BCUT2D eigenvalue weighted by Gasteiger charge is -2.12. The van der Waals surface area contributed by atoms with Gasteiger partial charge < -0.3 is 0 Å². The number of pyridine rings is 1. The first-order valence-electron chi connectivity index (χ1n) is 10.0. The fourth-order valence-corrected chi connectivity index (χ4v) is 3.83. The third-order valence-corrected chi connectivity index (χ3v) is 5.28. The van der Waals surface area contributed by atoms with Gasteiger partial charge in [0.25, 0.3) is 0 Å². The highest BCUT2D eigenvalue weighted by atomic mass is 32.2. The Morgan fingerprint density at radius 2 is 1.72 bits per heavy atom. The van der Waals surface area contributed by atoms with Crippen molar-refractivity contribution in [2.75, 3.05) is 0 Å². The molecule has 2 heteroatoms. The van der Waals surface area contributed by atoms with Crippen LogP contribution in [0.5, 0.6) is 0 Å². The van der Waals surface area contributed by atoms with Gasteiger partial charge >= 0.3 is 0 Å². The summed E-state index contributed by atoms with van der Waals surface area (Å²) in [5.74, 6) is 0. The molecule has 2 aromatic carbocycles. The highest BCUT2D eigenvalue weighted by Crippen LogP contribution is 2.32. The minimum absolute atomic E-state index is 0.304. The molecule has 25 heavy (non-hydrogen) atoms. The number of aromatic nitrogens is 1. The molecule has 0 aliphatic rings. The van der Waals surface area contributed by atoms with E-state index in [1.807, 2.05) is 35.9 Å². The molecule has 0 bridgehead atoms. The third-order valence-electron chi connectivity index (χ3n) is 4.22. The number of nitrogens with zero attached hydrogens (tertiary/aromatic N) is 1. The Balaban J connectivity index is 2.18. The molecular weight excluding hydrogens is 322 g/mol. The first-order valence-corrected chi connectivity index (χ1v) is 9.42. The number of thioether (sulfide) groups is 1. The van der Waals surface area contributed by atoms with Gasteiger partial charge in [-0.1, -0.05) is 56.3 Å². The molecule has 1 heterocycles. The van der Waals surface area contributed by atoms with Gasteiger partial charge in [0, 0.05) is 31.5 Å². The van der Waals surface area contributed by atoms with Gasteiger partial charge in [0.2, 0.25) is 5.69 Å². The maximum atomic E-state index is 7.93. The normalized spacial score (nSPS) is 13.4. The van der Waals surface area contributed by atoms with Crippen LogP contribution in [0, 0.1) is 13.8 Å². The molecular formula is C23H26NS+. The summed E-state index contributed by atoms with van der Waals surface area (Å²) in [5.41, 5.74) is 6.03. The van der Waals surface area contributed by atoms with E-state index in [2.05, 4.69) is 51.1 Å². The highest BCUT2D eigenvalue weighted by molar-refractivity contribution is 8.00. The Kier molecular flexibility index (Phi) is 4.21. The second-order valence-corrected chi connectivity index (χ2v) is 8.23. The van der Waals surface area contributed by atoms with Crippen molar-refractivity contribution in [2.24, 2.45) is 7.05 Å². The zero-order chi connectivity index (χ0) is 20.5. The quantitative estimate of drug-likeness (QED) is 0.414. The van der Waals surface area contributed by atoms with E-state index < -0.39 is 6.85 Å². The average Bonchev–Trinajstić information content (AvgIpc) is 2.63. The summed E-state index contributed by atoms with van der Waals surface area (Å²) in [5, 5.41) is 0.304. The predicted molar refractivity (Wildman–Crippen MR) is 109 cm³/mol. The molecule has 128 valence electrons. The van der Waals surface area contributed by atoms with Gasteiger partial charge in [-0.3, -0.25) is 0 Å². The molecule has 0 amide bonds. The van der Waals surface area contributed by atoms with Crippen molar-refractivity contribution in [1.82, 2.24) is 0 Å². The molecule has 0 fully saturated rings. The maximum Gasteiger partial charge on any atom is 0.213 e. The van der Waals surface area contributed by atoms with Crippen LogP contribution in [0.3, 0.4) is 0 Å². The Hall–Kier alpha value is -2.06. The largest absolute Gasteiger partial charge is 0.213 e. The molecule has 0 aliphatic carbocycles. The Morgan fingerprint density at radius 3 is 2.40 bits per heavy atom. The molecule has 0 saturated carbocycles. The van der Waals surface area contributed by atoms with Crippen LogP contribution >= 0.6 is 11.8 Å². The number of benzene rings is 2. The molecule has 0 saturated heterocycles. The molecule has 3 rings (SSSR count). The molecule has 0 radical (unpaired) electrons. The van der Waals surface area contributed by atoms with Crippen LogP contribution in [0.4, 0.5) is 0 Å². The maximum absolute atomic E-state index is 7.93. The van der Waals surface area contributed by atoms with Crippen molar-refractivity contribution in [2.45, 2.75) is 37.8 Å². The molecule has 0 unspecified atom stereocenters. The van der Waals surface area contributed by atoms with E-state index in [0.717, 1.165) is 27.3 Å². The fourth-order valence-electron chi connectivity index (χ4n) is 2.96. The van der Waals surface area contributed by atoms with E-state index in [1.165, 1.54) is 5.56 Å². The van der Waals surface area contributed by atoms with Crippen LogP contribution in [0.1, 0.15) is 29.1 Å². The average molecular weight is 352 g/mol. The second-order valence-electron chi connectivity index (χ2n) is 6.61. The van der Waals surface area contributed by atoms with Crippen LogP contribution in [0.15, 0.2) is 65.7 Å². The van der Waals surface area contributed by atoms with Gasteiger partial charge in [0.1, 0.15) is 7.05 Å².